The first kappa shape index (κ1) is 29.4. The monoisotopic (exact) mass is 498 g/mol. The summed E-state index contributed by atoms with van der Waals surface area (Å²) in [6, 6.07) is 0. The molecule has 2 aliphatic rings. The van der Waals surface area contributed by atoms with Crippen molar-refractivity contribution in [3.05, 3.63) is 12.2 Å². The van der Waals surface area contributed by atoms with Crippen molar-refractivity contribution in [1.82, 2.24) is 0 Å². The van der Waals surface area contributed by atoms with Crippen LogP contribution in [-0.4, -0.2) is 57.7 Å². The maximum atomic E-state index is 12.3. The molecule has 5 atom stereocenters. The van der Waals surface area contributed by atoms with E-state index in [0.717, 1.165) is 57.8 Å². The Balaban J connectivity index is 2.23. The molecule has 0 N–H and O–H groups in total. The lowest BCUT2D eigenvalue weighted by molar-refractivity contribution is -0.137. The lowest BCUT2D eigenvalue weighted by Gasteiger charge is -2.48. The molecule has 0 amide bonds. The highest BCUT2D eigenvalue weighted by atomic mass is 16.7. The van der Waals surface area contributed by atoms with Gasteiger partial charge >= 0.3 is 12.3 Å². The average molecular weight is 499 g/mol. The second-order valence-corrected chi connectivity index (χ2v) is 10.4. The Kier molecular flexibility index (Phi) is 10.9. The molecule has 2 fully saturated rings. The highest BCUT2D eigenvalue weighted by Crippen LogP contribution is 2.60. The van der Waals surface area contributed by atoms with Crippen molar-refractivity contribution in [3.63, 3.8) is 0 Å². The van der Waals surface area contributed by atoms with Crippen LogP contribution in [0, 0.1) is 17.3 Å². The summed E-state index contributed by atoms with van der Waals surface area (Å²) in [5.41, 5.74) is -1.24. The van der Waals surface area contributed by atoms with Gasteiger partial charge in [0.05, 0.1) is 19.8 Å². The molecule has 202 valence electrons. The molecule has 0 aromatic heterocycles. The summed E-state index contributed by atoms with van der Waals surface area (Å²) in [6.07, 6.45) is 10.5. The van der Waals surface area contributed by atoms with Crippen LogP contribution in [0.25, 0.3) is 0 Å². The fraction of sp³-hybridized carbons (Fsp3) is 0.852. The van der Waals surface area contributed by atoms with E-state index in [1.54, 1.807) is 7.11 Å². The number of hydrogen-bond donors (Lipinski definition) is 0. The molecule has 8 nitrogen and oxygen atoms in total. The van der Waals surface area contributed by atoms with Gasteiger partial charge in [0.25, 0.3) is 0 Å². The van der Waals surface area contributed by atoms with E-state index in [1.807, 2.05) is 13.0 Å². The molecule has 0 aromatic carbocycles. The van der Waals surface area contributed by atoms with Crippen molar-refractivity contribution in [1.29, 1.82) is 0 Å². The van der Waals surface area contributed by atoms with Crippen LogP contribution < -0.4 is 0 Å². The van der Waals surface area contributed by atoms with Crippen LogP contribution in [0.2, 0.25) is 0 Å². The normalized spacial score (nSPS) is 28.3. The van der Waals surface area contributed by atoms with Gasteiger partial charge in [-0.3, -0.25) is 0 Å². The Morgan fingerprint density at radius 3 is 2.31 bits per heavy atom. The van der Waals surface area contributed by atoms with Crippen molar-refractivity contribution in [2.24, 2.45) is 17.3 Å². The lowest BCUT2D eigenvalue weighted by Crippen LogP contribution is -2.49. The molecular formula is C27H46O8. The zero-order valence-electron chi connectivity index (χ0n) is 22.7. The van der Waals surface area contributed by atoms with Gasteiger partial charge in [-0.1, -0.05) is 26.8 Å². The highest BCUT2D eigenvalue weighted by Gasteiger charge is 2.58. The molecule has 0 bridgehead atoms. The van der Waals surface area contributed by atoms with Gasteiger partial charge in [-0.05, 0) is 76.2 Å². The molecule has 0 heterocycles. The number of ether oxygens (including phenoxy) is 6. The molecule has 0 radical (unpaired) electrons. The predicted octanol–water partition coefficient (Wildman–Crippen LogP) is 6.41. The number of methoxy groups -OCH3 is 3. The average Bonchev–Trinajstić information content (AvgIpc) is 3.22. The lowest BCUT2D eigenvalue weighted by atomic mass is 9.60. The molecule has 2 aliphatic carbocycles. The van der Waals surface area contributed by atoms with E-state index in [4.69, 9.17) is 28.4 Å². The van der Waals surface area contributed by atoms with Gasteiger partial charge in [-0.2, -0.15) is 0 Å². The summed E-state index contributed by atoms with van der Waals surface area (Å²) in [6.45, 7) is 8.74. The molecule has 8 heteroatoms. The van der Waals surface area contributed by atoms with Gasteiger partial charge in [0, 0.05) is 18.9 Å². The van der Waals surface area contributed by atoms with Gasteiger partial charge in [0.15, 0.2) is 0 Å². The van der Waals surface area contributed by atoms with Gasteiger partial charge in [-0.25, -0.2) is 9.59 Å². The summed E-state index contributed by atoms with van der Waals surface area (Å²) >= 11 is 0. The Hall–Kier alpha value is -1.80. The van der Waals surface area contributed by atoms with E-state index < -0.39 is 17.9 Å². The summed E-state index contributed by atoms with van der Waals surface area (Å²) in [4.78, 5) is 24.1. The Morgan fingerprint density at radius 1 is 1.03 bits per heavy atom. The number of rotatable bonds is 12. The second-order valence-electron chi connectivity index (χ2n) is 10.4. The fourth-order valence-electron chi connectivity index (χ4n) is 6.54. The van der Waals surface area contributed by atoms with Crippen LogP contribution in [0.5, 0.6) is 0 Å². The summed E-state index contributed by atoms with van der Waals surface area (Å²) < 4.78 is 32.4. The summed E-state index contributed by atoms with van der Waals surface area (Å²) in [5.74, 6) is 0.246. The van der Waals surface area contributed by atoms with Gasteiger partial charge < -0.3 is 28.4 Å². The summed E-state index contributed by atoms with van der Waals surface area (Å²) in [5, 5.41) is 0. The molecule has 4 unspecified atom stereocenters. The van der Waals surface area contributed by atoms with Crippen molar-refractivity contribution in [2.75, 3.05) is 28.1 Å². The second kappa shape index (κ2) is 12.9. The SMILES string of the molecule is CCC(CC)(CC/C=C/[C@](C)(OC(=O)OC)C1CCC2C(OC(=O)OC)CCCC21C)OCOC. The van der Waals surface area contributed by atoms with Crippen molar-refractivity contribution >= 4 is 12.3 Å². The number of hydrogen-bond acceptors (Lipinski definition) is 8. The fourth-order valence-corrected chi connectivity index (χ4v) is 6.54. The van der Waals surface area contributed by atoms with Crippen LogP contribution in [0.3, 0.4) is 0 Å². The zero-order valence-corrected chi connectivity index (χ0v) is 22.7. The molecule has 0 spiro atoms. The van der Waals surface area contributed by atoms with E-state index in [0.29, 0.717) is 0 Å². The van der Waals surface area contributed by atoms with Gasteiger partial charge in [-0.15, -0.1) is 0 Å². The van der Waals surface area contributed by atoms with Crippen LogP contribution in [0.1, 0.15) is 85.5 Å². The van der Waals surface area contributed by atoms with E-state index in [1.165, 1.54) is 14.2 Å². The van der Waals surface area contributed by atoms with Crippen molar-refractivity contribution in [2.45, 2.75) is 103 Å². The predicted molar refractivity (Wildman–Crippen MR) is 132 cm³/mol. The van der Waals surface area contributed by atoms with E-state index in [2.05, 4.69) is 26.8 Å². The number of carbonyl (C=O) groups excluding carboxylic acids is 2. The smallest absolute Gasteiger partial charge is 0.438 e. The maximum Gasteiger partial charge on any atom is 0.508 e. The van der Waals surface area contributed by atoms with Gasteiger partial charge in [0.2, 0.25) is 0 Å². The minimum atomic E-state index is -0.849. The third-order valence-electron chi connectivity index (χ3n) is 8.63. The van der Waals surface area contributed by atoms with Crippen LogP contribution in [0.15, 0.2) is 12.2 Å². The molecule has 35 heavy (non-hydrogen) atoms. The molecule has 0 saturated heterocycles. The quantitative estimate of drug-likeness (QED) is 0.173. The largest absolute Gasteiger partial charge is 0.508 e. The highest BCUT2D eigenvalue weighted by molar-refractivity contribution is 5.61. The van der Waals surface area contributed by atoms with E-state index >= 15 is 0 Å². The van der Waals surface area contributed by atoms with Gasteiger partial charge in [0.1, 0.15) is 18.5 Å². The molecule has 2 saturated carbocycles. The van der Waals surface area contributed by atoms with E-state index in [9.17, 15) is 9.59 Å². The first-order valence-corrected chi connectivity index (χ1v) is 13.0. The minimum Gasteiger partial charge on any atom is -0.438 e. The third kappa shape index (κ3) is 6.91. The van der Waals surface area contributed by atoms with Crippen LogP contribution >= 0.6 is 0 Å². The number of allylic oxidation sites excluding steroid dienone is 1. The first-order chi connectivity index (χ1) is 16.6. The molecule has 2 rings (SSSR count). The topological polar surface area (TPSA) is 89.5 Å². The Bertz CT molecular complexity index is 718. The third-order valence-corrected chi connectivity index (χ3v) is 8.63. The van der Waals surface area contributed by atoms with E-state index in [-0.39, 0.29) is 35.7 Å². The standard InChI is InChI=1S/C27H46O8/c1-8-27(9-2,33-19-30-5)18-11-10-17-26(4,35-24(29)32-7)22-15-14-20-21(34-23(28)31-6)13-12-16-25(20,22)3/h10,17,20-22H,8-9,11-16,18-19H2,1-7H3/b17-10+/t20?,21?,22?,25?,26-/m0/s1. The van der Waals surface area contributed by atoms with Crippen LogP contribution in [-0.2, 0) is 28.4 Å². The molecule has 0 aromatic rings. The van der Waals surface area contributed by atoms with Crippen molar-refractivity contribution < 1.29 is 38.0 Å². The zero-order chi connectivity index (χ0) is 26.1. The minimum absolute atomic E-state index is 0.0613. The Morgan fingerprint density at radius 2 is 1.71 bits per heavy atom. The first-order valence-electron chi connectivity index (χ1n) is 13.0. The van der Waals surface area contributed by atoms with Crippen LogP contribution in [0.4, 0.5) is 9.59 Å². The number of carbonyl (C=O) groups is 2. The molecule has 0 aliphatic heterocycles. The maximum absolute atomic E-state index is 12.3. The summed E-state index contributed by atoms with van der Waals surface area (Å²) in [7, 11) is 4.30. The Labute approximate surface area is 211 Å². The number of fused-ring (bicyclic) bond motifs is 1. The van der Waals surface area contributed by atoms with Crippen molar-refractivity contribution in [3.8, 4) is 0 Å². The molecular weight excluding hydrogens is 452 g/mol.